The molecule has 0 atom stereocenters. The number of rotatable bonds is 3. The summed E-state index contributed by atoms with van der Waals surface area (Å²) in [5, 5.41) is 21.9. The number of carboxylic acid groups (broad SMARTS) is 1. The summed E-state index contributed by atoms with van der Waals surface area (Å²) in [5.41, 5.74) is 0.419. The first-order valence-electron chi connectivity index (χ1n) is 6.21. The normalized spacial score (nSPS) is 16.4. The lowest BCUT2D eigenvalue weighted by atomic mass is 9.81. The molecule has 0 aliphatic heterocycles. The third-order valence-electron chi connectivity index (χ3n) is 3.36. The number of hydrogen-bond donors (Lipinski definition) is 3. The Bertz CT molecular complexity index is 652. The van der Waals surface area contributed by atoms with E-state index in [1.165, 1.54) is 17.5 Å². The highest BCUT2D eigenvalue weighted by atomic mass is 32.1. The maximum atomic E-state index is 10.6. The molecule has 0 spiro atoms. The third-order valence-corrected chi connectivity index (χ3v) is 4.60. The Kier molecular flexibility index (Phi) is 3.15. The lowest BCUT2D eigenvalue weighted by Gasteiger charge is -2.34. The summed E-state index contributed by atoms with van der Waals surface area (Å²) in [6, 6.07) is 1.70. The molecule has 2 heterocycles. The molecular weight excluding hydrogens is 278 g/mol. The van der Waals surface area contributed by atoms with Crippen LogP contribution in [0.3, 0.4) is 0 Å². The summed E-state index contributed by atoms with van der Waals surface area (Å²) in [5.74, 6) is 0. The summed E-state index contributed by atoms with van der Waals surface area (Å²) >= 11 is 1.42. The van der Waals surface area contributed by atoms with Gasteiger partial charge in [0.15, 0.2) is 0 Å². The number of pyridine rings is 1. The Hall–Kier alpha value is -1.99. The van der Waals surface area contributed by atoms with E-state index in [9.17, 15) is 9.90 Å². The monoisotopic (exact) mass is 291 g/mol. The second-order valence-corrected chi connectivity index (χ2v) is 5.84. The van der Waals surface area contributed by atoms with Crippen molar-refractivity contribution in [1.82, 2.24) is 9.97 Å². The van der Waals surface area contributed by atoms with E-state index in [0.29, 0.717) is 5.69 Å². The molecule has 0 radical (unpaired) electrons. The van der Waals surface area contributed by atoms with Crippen molar-refractivity contribution >= 4 is 23.1 Å². The number of nitrogens with one attached hydrogen (secondary N) is 1. The zero-order chi connectivity index (χ0) is 14.2. The summed E-state index contributed by atoms with van der Waals surface area (Å²) in [6.07, 6.45) is 6.17. The van der Waals surface area contributed by atoms with Crippen molar-refractivity contribution in [2.75, 3.05) is 5.32 Å². The van der Waals surface area contributed by atoms with E-state index >= 15 is 0 Å². The molecule has 1 aliphatic carbocycles. The smallest absolute Gasteiger partial charge is 0.409 e. The number of hydrogen-bond acceptors (Lipinski definition) is 5. The molecule has 1 saturated carbocycles. The van der Waals surface area contributed by atoms with Gasteiger partial charge in [0.2, 0.25) is 0 Å². The number of thiazole rings is 1. The van der Waals surface area contributed by atoms with Gasteiger partial charge >= 0.3 is 6.09 Å². The summed E-state index contributed by atoms with van der Waals surface area (Å²) in [4.78, 5) is 19.8. The van der Waals surface area contributed by atoms with Gasteiger partial charge in [-0.2, -0.15) is 0 Å². The second-order valence-electron chi connectivity index (χ2n) is 4.81. The standard InChI is InChI=1S/C13H13N3O3S/c17-12(18)16-9-4-8(5-14-6-9)10-7-15-11(20-10)13(19)2-1-3-13/h4-7,16,19H,1-3H2,(H,17,18). The Morgan fingerprint density at radius 3 is 2.80 bits per heavy atom. The molecule has 6 nitrogen and oxygen atoms in total. The highest BCUT2D eigenvalue weighted by Gasteiger charge is 2.39. The number of carbonyl (C=O) groups is 1. The third kappa shape index (κ3) is 2.37. The molecule has 20 heavy (non-hydrogen) atoms. The van der Waals surface area contributed by atoms with Gasteiger partial charge in [-0.3, -0.25) is 10.3 Å². The number of anilines is 1. The molecule has 2 aromatic heterocycles. The maximum Gasteiger partial charge on any atom is 0.409 e. The average Bonchev–Trinajstić information content (AvgIpc) is 2.85. The van der Waals surface area contributed by atoms with E-state index in [1.807, 2.05) is 0 Å². The predicted octanol–water partition coefficient (Wildman–Crippen LogP) is 2.67. The Morgan fingerprint density at radius 1 is 1.35 bits per heavy atom. The lowest BCUT2D eigenvalue weighted by Crippen LogP contribution is -2.33. The Morgan fingerprint density at radius 2 is 2.15 bits per heavy atom. The van der Waals surface area contributed by atoms with Crippen LogP contribution in [0.5, 0.6) is 0 Å². The molecular formula is C13H13N3O3S. The Balaban J connectivity index is 1.87. The first kappa shape index (κ1) is 13.0. The predicted molar refractivity (Wildman–Crippen MR) is 74.7 cm³/mol. The van der Waals surface area contributed by atoms with Gasteiger partial charge in [0.05, 0.1) is 16.8 Å². The van der Waals surface area contributed by atoms with Crippen LogP contribution in [0.2, 0.25) is 0 Å². The van der Waals surface area contributed by atoms with E-state index in [2.05, 4.69) is 15.3 Å². The average molecular weight is 291 g/mol. The van der Waals surface area contributed by atoms with Gasteiger partial charge in [-0.15, -0.1) is 11.3 Å². The fourth-order valence-corrected chi connectivity index (χ4v) is 3.16. The van der Waals surface area contributed by atoms with E-state index in [4.69, 9.17) is 5.11 Å². The lowest BCUT2D eigenvalue weighted by molar-refractivity contribution is -0.0389. The molecule has 0 unspecified atom stereocenters. The molecule has 1 fully saturated rings. The van der Waals surface area contributed by atoms with Crippen LogP contribution in [0, 0.1) is 0 Å². The Labute approximate surface area is 119 Å². The van der Waals surface area contributed by atoms with Crippen molar-refractivity contribution in [2.45, 2.75) is 24.9 Å². The maximum absolute atomic E-state index is 10.6. The van der Waals surface area contributed by atoms with E-state index in [0.717, 1.165) is 34.7 Å². The van der Waals surface area contributed by atoms with E-state index in [1.54, 1.807) is 18.5 Å². The fraction of sp³-hybridized carbons (Fsp3) is 0.308. The number of amides is 1. The molecule has 0 saturated heterocycles. The zero-order valence-corrected chi connectivity index (χ0v) is 11.4. The van der Waals surface area contributed by atoms with Gasteiger partial charge in [-0.1, -0.05) is 0 Å². The van der Waals surface area contributed by atoms with Crippen molar-refractivity contribution in [3.05, 3.63) is 29.7 Å². The SMILES string of the molecule is O=C(O)Nc1cncc(-c2cnc(C3(O)CCC3)s2)c1. The van der Waals surface area contributed by atoms with Gasteiger partial charge in [0.1, 0.15) is 10.6 Å². The summed E-state index contributed by atoms with van der Waals surface area (Å²) in [7, 11) is 0. The van der Waals surface area contributed by atoms with Crippen LogP contribution in [-0.4, -0.2) is 26.3 Å². The van der Waals surface area contributed by atoms with Crippen LogP contribution in [0.15, 0.2) is 24.7 Å². The van der Waals surface area contributed by atoms with Crippen LogP contribution in [0.4, 0.5) is 10.5 Å². The van der Waals surface area contributed by atoms with E-state index in [-0.39, 0.29) is 0 Å². The minimum absolute atomic E-state index is 0.410. The van der Waals surface area contributed by atoms with Crippen LogP contribution < -0.4 is 5.32 Å². The summed E-state index contributed by atoms with van der Waals surface area (Å²) < 4.78 is 0. The minimum Gasteiger partial charge on any atom is -0.465 e. The number of aliphatic hydroxyl groups is 1. The van der Waals surface area contributed by atoms with Gasteiger partial charge in [0, 0.05) is 18.0 Å². The number of nitrogens with zero attached hydrogens (tertiary/aromatic N) is 2. The van der Waals surface area contributed by atoms with Crippen molar-refractivity contribution in [3.8, 4) is 10.4 Å². The molecule has 0 bridgehead atoms. The minimum atomic E-state index is -1.13. The molecule has 0 aromatic carbocycles. The van der Waals surface area contributed by atoms with Crippen molar-refractivity contribution < 1.29 is 15.0 Å². The van der Waals surface area contributed by atoms with Crippen LogP contribution in [0.1, 0.15) is 24.3 Å². The summed E-state index contributed by atoms with van der Waals surface area (Å²) in [6.45, 7) is 0. The van der Waals surface area contributed by atoms with Gasteiger partial charge in [-0.25, -0.2) is 9.78 Å². The highest BCUT2D eigenvalue weighted by Crippen LogP contribution is 2.44. The van der Waals surface area contributed by atoms with Crippen molar-refractivity contribution in [3.63, 3.8) is 0 Å². The molecule has 7 heteroatoms. The van der Waals surface area contributed by atoms with Crippen molar-refractivity contribution in [2.24, 2.45) is 0 Å². The van der Waals surface area contributed by atoms with E-state index < -0.39 is 11.7 Å². The van der Waals surface area contributed by atoms with Crippen LogP contribution in [-0.2, 0) is 5.60 Å². The molecule has 1 aliphatic rings. The van der Waals surface area contributed by atoms with Crippen molar-refractivity contribution in [1.29, 1.82) is 0 Å². The van der Waals surface area contributed by atoms with Gasteiger partial charge < -0.3 is 10.2 Å². The van der Waals surface area contributed by atoms with Crippen LogP contribution in [0.25, 0.3) is 10.4 Å². The zero-order valence-electron chi connectivity index (χ0n) is 10.5. The topological polar surface area (TPSA) is 95.3 Å². The molecule has 1 amide bonds. The first-order chi connectivity index (χ1) is 9.57. The second kappa shape index (κ2) is 4.84. The van der Waals surface area contributed by atoms with Gasteiger partial charge in [-0.05, 0) is 25.3 Å². The molecule has 2 aromatic rings. The van der Waals surface area contributed by atoms with Crippen LogP contribution >= 0.6 is 11.3 Å². The van der Waals surface area contributed by atoms with Gasteiger partial charge in [0.25, 0.3) is 0 Å². The highest BCUT2D eigenvalue weighted by molar-refractivity contribution is 7.15. The molecule has 3 rings (SSSR count). The first-order valence-corrected chi connectivity index (χ1v) is 7.02. The quantitative estimate of drug-likeness (QED) is 0.808. The largest absolute Gasteiger partial charge is 0.465 e. The fourth-order valence-electron chi connectivity index (χ4n) is 2.11. The number of aromatic nitrogens is 2. The molecule has 104 valence electrons. The molecule has 3 N–H and O–H groups in total.